The van der Waals surface area contributed by atoms with E-state index in [1.807, 2.05) is 0 Å². The van der Waals surface area contributed by atoms with Crippen LogP contribution in [0.3, 0.4) is 0 Å². The van der Waals surface area contributed by atoms with Crippen molar-refractivity contribution in [3.05, 3.63) is 40.7 Å². The number of benzene rings is 1. The van der Waals surface area contributed by atoms with E-state index >= 15 is 0 Å². The Hall–Kier alpha value is -0.300. The summed E-state index contributed by atoms with van der Waals surface area (Å²) in [6.07, 6.45) is 1.09. The molecule has 0 nitrogen and oxygen atoms in total. The maximum atomic E-state index is 4.04. The molecule has 0 saturated carbocycles. The van der Waals surface area contributed by atoms with Crippen LogP contribution < -0.4 is 0 Å². The lowest BCUT2D eigenvalue weighted by atomic mass is 9.96. The fourth-order valence-corrected chi connectivity index (χ4v) is 1.73. The molecule has 1 aromatic carbocycles. The van der Waals surface area contributed by atoms with E-state index < -0.39 is 0 Å². The third-order valence-corrected chi connectivity index (χ3v) is 2.51. The van der Waals surface area contributed by atoms with Crippen molar-refractivity contribution in [2.45, 2.75) is 26.2 Å². The molecule has 0 N–H and O–H groups in total. The van der Waals surface area contributed by atoms with E-state index in [0.717, 1.165) is 10.9 Å². The van der Waals surface area contributed by atoms with Crippen LogP contribution in [0.4, 0.5) is 0 Å². The zero-order chi connectivity index (χ0) is 9.14. The molecular weight excluding hydrogens is 212 g/mol. The summed E-state index contributed by atoms with van der Waals surface area (Å²) >= 11 is 3.47. The van der Waals surface area contributed by atoms with Gasteiger partial charge in [0, 0.05) is 4.47 Å². The second kappa shape index (κ2) is 4.08. The summed E-state index contributed by atoms with van der Waals surface area (Å²) in [6, 6.07) is 6.42. The highest BCUT2D eigenvalue weighted by Gasteiger charge is 2.04. The molecule has 1 atom stereocenters. The predicted octanol–water partition coefficient (Wildman–Crippen LogP) is 3.95. The molecule has 0 heterocycles. The van der Waals surface area contributed by atoms with Crippen LogP contribution in [0.5, 0.6) is 0 Å². The maximum Gasteiger partial charge on any atom is 0.0178 e. The van der Waals surface area contributed by atoms with Crippen molar-refractivity contribution in [1.82, 2.24) is 0 Å². The average Bonchev–Trinajstić information content (AvgIpc) is 2.04. The fourth-order valence-electron chi connectivity index (χ4n) is 1.35. The molecule has 0 amide bonds. The topological polar surface area (TPSA) is 0 Å². The quantitative estimate of drug-likeness (QED) is 0.716. The van der Waals surface area contributed by atoms with Gasteiger partial charge in [0.1, 0.15) is 0 Å². The summed E-state index contributed by atoms with van der Waals surface area (Å²) in [5.41, 5.74) is 2.76. The van der Waals surface area contributed by atoms with E-state index in [1.165, 1.54) is 11.1 Å². The number of hydrogen-bond acceptors (Lipinski definition) is 0. The van der Waals surface area contributed by atoms with Crippen LogP contribution in [0, 0.1) is 6.92 Å². The third kappa shape index (κ3) is 2.10. The molecule has 1 aromatic rings. The van der Waals surface area contributed by atoms with Crippen molar-refractivity contribution in [3.8, 4) is 0 Å². The van der Waals surface area contributed by atoms with Crippen molar-refractivity contribution >= 4 is 15.9 Å². The van der Waals surface area contributed by atoms with Crippen molar-refractivity contribution in [3.63, 3.8) is 0 Å². The average molecular weight is 226 g/mol. The number of aryl methyl sites for hydroxylation is 1. The van der Waals surface area contributed by atoms with Crippen molar-refractivity contribution in [2.75, 3.05) is 0 Å². The zero-order valence-electron chi connectivity index (χ0n) is 7.60. The minimum Gasteiger partial charge on any atom is -0.0613 e. The molecule has 65 valence electrons. The molecule has 0 aliphatic heterocycles. The third-order valence-electron chi connectivity index (χ3n) is 2.02. The van der Waals surface area contributed by atoms with Crippen molar-refractivity contribution < 1.29 is 0 Å². The van der Waals surface area contributed by atoms with E-state index in [9.17, 15) is 0 Å². The second-order valence-corrected chi connectivity index (χ2v) is 4.01. The van der Waals surface area contributed by atoms with Crippen molar-refractivity contribution in [2.24, 2.45) is 0 Å². The van der Waals surface area contributed by atoms with Crippen LogP contribution in [0.2, 0.25) is 0 Å². The van der Waals surface area contributed by atoms with Gasteiger partial charge < -0.3 is 0 Å². The monoisotopic (exact) mass is 225 g/mol. The van der Waals surface area contributed by atoms with Crippen LogP contribution in [0.25, 0.3) is 0 Å². The Balaban J connectivity index is 3.12. The van der Waals surface area contributed by atoms with E-state index in [4.69, 9.17) is 0 Å². The Morgan fingerprint density at radius 1 is 1.50 bits per heavy atom. The summed E-state index contributed by atoms with van der Waals surface area (Å²) in [4.78, 5) is 0. The van der Waals surface area contributed by atoms with E-state index in [-0.39, 0.29) is 0 Å². The van der Waals surface area contributed by atoms with Crippen LogP contribution in [-0.2, 0) is 6.42 Å². The molecule has 0 bridgehead atoms. The summed E-state index contributed by atoms with van der Waals surface area (Å²) in [5.74, 6) is 0.373. The SMILES string of the molecule is [CH2]C(C)c1cc(Br)ccc1CC. The van der Waals surface area contributed by atoms with Crippen LogP contribution >= 0.6 is 15.9 Å². The van der Waals surface area contributed by atoms with Gasteiger partial charge in [-0.15, -0.1) is 0 Å². The minimum atomic E-state index is 0.373. The smallest absolute Gasteiger partial charge is 0.0178 e. The highest BCUT2D eigenvalue weighted by Crippen LogP contribution is 2.23. The summed E-state index contributed by atoms with van der Waals surface area (Å²) in [6.45, 7) is 8.34. The van der Waals surface area contributed by atoms with Crippen molar-refractivity contribution in [1.29, 1.82) is 0 Å². The first-order valence-corrected chi connectivity index (χ1v) is 5.05. The van der Waals surface area contributed by atoms with Gasteiger partial charge in [0.25, 0.3) is 0 Å². The molecule has 1 rings (SSSR count). The molecule has 1 heteroatoms. The van der Waals surface area contributed by atoms with Gasteiger partial charge in [0.2, 0.25) is 0 Å². The molecule has 0 saturated heterocycles. The van der Waals surface area contributed by atoms with Crippen LogP contribution in [0.15, 0.2) is 22.7 Å². The Morgan fingerprint density at radius 3 is 2.67 bits per heavy atom. The molecule has 0 fully saturated rings. The molecule has 0 aliphatic carbocycles. The highest BCUT2D eigenvalue weighted by atomic mass is 79.9. The number of halogens is 1. The largest absolute Gasteiger partial charge is 0.0613 e. The summed E-state index contributed by atoms with van der Waals surface area (Å²) < 4.78 is 1.14. The Labute approximate surface area is 83.1 Å². The Kier molecular flexibility index (Phi) is 3.33. The molecule has 1 unspecified atom stereocenters. The van der Waals surface area contributed by atoms with E-state index in [2.05, 4.69) is 54.9 Å². The molecule has 0 spiro atoms. The van der Waals surface area contributed by atoms with Gasteiger partial charge in [-0.1, -0.05) is 35.8 Å². The summed E-state index contributed by atoms with van der Waals surface area (Å²) in [7, 11) is 0. The first-order valence-electron chi connectivity index (χ1n) is 4.26. The molecule has 1 radical (unpaired) electrons. The highest BCUT2D eigenvalue weighted by molar-refractivity contribution is 9.10. The minimum absolute atomic E-state index is 0.373. The Morgan fingerprint density at radius 2 is 2.17 bits per heavy atom. The molecule has 0 aromatic heterocycles. The van der Waals surface area contributed by atoms with Gasteiger partial charge in [-0.25, -0.2) is 0 Å². The molecule has 0 aliphatic rings. The lowest BCUT2D eigenvalue weighted by molar-refractivity contribution is 0.924. The lowest BCUT2D eigenvalue weighted by Crippen LogP contribution is -1.94. The van der Waals surface area contributed by atoms with Gasteiger partial charge in [-0.2, -0.15) is 0 Å². The van der Waals surface area contributed by atoms with Crippen LogP contribution in [-0.4, -0.2) is 0 Å². The maximum absolute atomic E-state index is 4.04. The normalized spacial score (nSPS) is 10.8. The second-order valence-electron chi connectivity index (χ2n) is 3.10. The summed E-state index contributed by atoms with van der Waals surface area (Å²) in [5, 5.41) is 0. The van der Waals surface area contributed by atoms with Gasteiger partial charge in [0.05, 0.1) is 0 Å². The molecule has 12 heavy (non-hydrogen) atoms. The zero-order valence-corrected chi connectivity index (χ0v) is 9.19. The van der Waals surface area contributed by atoms with E-state index in [0.29, 0.717) is 5.92 Å². The Bertz CT molecular complexity index is 264. The van der Waals surface area contributed by atoms with Gasteiger partial charge in [0.15, 0.2) is 0 Å². The standard InChI is InChI=1S/C11H14Br/c1-4-9-5-6-10(12)7-11(9)8(2)3/h5-8H,2,4H2,1,3H3. The first-order chi connectivity index (χ1) is 5.65. The van der Waals surface area contributed by atoms with Crippen LogP contribution in [0.1, 0.15) is 30.9 Å². The number of rotatable bonds is 2. The number of hydrogen-bond donors (Lipinski definition) is 0. The van der Waals surface area contributed by atoms with Gasteiger partial charge in [-0.3, -0.25) is 0 Å². The first kappa shape index (κ1) is 9.79. The lowest BCUT2D eigenvalue weighted by Gasteiger charge is -2.11. The fraction of sp³-hybridized carbons (Fsp3) is 0.364. The van der Waals surface area contributed by atoms with Gasteiger partial charge >= 0.3 is 0 Å². The van der Waals surface area contributed by atoms with Gasteiger partial charge in [-0.05, 0) is 42.5 Å². The molecular formula is C11H14Br. The predicted molar refractivity (Wildman–Crippen MR) is 57.3 cm³/mol. The van der Waals surface area contributed by atoms with E-state index in [1.54, 1.807) is 0 Å².